The van der Waals surface area contributed by atoms with Crippen molar-refractivity contribution in [2.75, 3.05) is 5.32 Å². The highest BCUT2D eigenvalue weighted by Crippen LogP contribution is 2.20. The second-order valence-corrected chi connectivity index (χ2v) is 6.49. The monoisotopic (exact) mass is 355 g/mol. The number of benzene rings is 2. The highest BCUT2D eigenvalue weighted by Gasteiger charge is 2.20. The van der Waals surface area contributed by atoms with E-state index in [-0.39, 0.29) is 12.0 Å². The van der Waals surface area contributed by atoms with Gasteiger partial charge in [-0.2, -0.15) is 0 Å². The molecule has 5 nitrogen and oxygen atoms in total. The molecule has 0 heterocycles. The van der Waals surface area contributed by atoms with Gasteiger partial charge in [-0.05, 0) is 70.0 Å². The molecule has 0 spiro atoms. The van der Waals surface area contributed by atoms with Crippen molar-refractivity contribution in [3.63, 3.8) is 0 Å². The van der Waals surface area contributed by atoms with Crippen molar-refractivity contribution in [1.29, 1.82) is 0 Å². The number of ether oxygens (including phenoxy) is 2. The van der Waals surface area contributed by atoms with Gasteiger partial charge in [-0.25, -0.2) is 4.79 Å². The lowest BCUT2D eigenvalue weighted by Crippen LogP contribution is -2.30. The molecule has 0 bridgehead atoms. The first-order chi connectivity index (χ1) is 12.3. The van der Waals surface area contributed by atoms with Crippen molar-refractivity contribution >= 4 is 17.6 Å². The number of carbonyl (C=O) groups is 2. The first-order valence-electron chi connectivity index (χ1n) is 8.62. The first kappa shape index (κ1) is 19.5. The Morgan fingerprint density at radius 3 is 2.04 bits per heavy atom. The number of para-hydroxylation sites is 1. The molecule has 1 N–H and O–H groups in total. The molecule has 0 aliphatic carbocycles. The van der Waals surface area contributed by atoms with Gasteiger partial charge in [-0.15, -0.1) is 0 Å². The number of nitrogens with one attached hydrogen (secondary N) is 1. The Bertz CT molecular complexity index is 761. The van der Waals surface area contributed by atoms with Crippen LogP contribution in [0.4, 0.5) is 5.69 Å². The van der Waals surface area contributed by atoms with E-state index in [0.717, 1.165) is 16.8 Å². The van der Waals surface area contributed by atoms with Crippen LogP contribution in [0.25, 0.3) is 0 Å². The summed E-state index contributed by atoms with van der Waals surface area (Å²) in [4.78, 5) is 24.6. The Morgan fingerprint density at radius 1 is 0.923 bits per heavy atom. The summed E-state index contributed by atoms with van der Waals surface area (Å²) >= 11 is 0. The van der Waals surface area contributed by atoms with Crippen LogP contribution in [0.1, 0.15) is 42.3 Å². The van der Waals surface area contributed by atoms with Gasteiger partial charge in [0.2, 0.25) is 0 Å². The van der Waals surface area contributed by atoms with Crippen molar-refractivity contribution in [2.45, 2.75) is 46.8 Å². The Kier molecular flexibility index (Phi) is 6.39. The number of hydrogen-bond acceptors (Lipinski definition) is 4. The van der Waals surface area contributed by atoms with Gasteiger partial charge in [0.15, 0.2) is 6.10 Å². The van der Waals surface area contributed by atoms with Gasteiger partial charge >= 0.3 is 5.97 Å². The molecule has 0 aliphatic heterocycles. The summed E-state index contributed by atoms with van der Waals surface area (Å²) in [6, 6.07) is 12.4. The lowest BCUT2D eigenvalue weighted by molar-refractivity contribution is -0.123. The zero-order chi connectivity index (χ0) is 19.3. The van der Waals surface area contributed by atoms with E-state index in [4.69, 9.17) is 9.47 Å². The summed E-state index contributed by atoms with van der Waals surface area (Å²) < 4.78 is 10.8. The predicted molar refractivity (Wildman–Crippen MR) is 102 cm³/mol. The summed E-state index contributed by atoms with van der Waals surface area (Å²) in [7, 11) is 0. The molecule has 0 fully saturated rings. The van der Waals surface area contributed by atoms with Gasteiger partial charge < -0.3 is 14.8 Å². The second kappa shape index (κ2) is 8.52. The minimum Gasteiger partial charge on any atom is -0.491 e. The zero-order valence-corrected chi connectivity index (χ0v) is 15.8. The largest absolute Gasteiger partial charge is 0.491 e. The first-order valence-corrected chi connectivity index (χ1v) is 8.62. The van der Waals surface area contributed by atoms with Crippen LogP contribution >= 0.6 is 0 Å². The van der Waals surface area contributed by atoms with Gasteiger partial charge in [0, 0.05) is 5.69 Å². The van der Waals surface area contributed by atoms with Gasteiger partial charge in [-0.3, -0.25) is 4.79 Å². The average Bonchev–Trinajstić information content (AvgIpc) is 2.58. The lowest BCUT2D eigenvalue weighted by atomic mass is 10.1. The van der Waals surface area contributed by atoms with E-state index >= 15 is 0 Å². The molecular weight excluding hydrogens is 330 g/mol. The molecule has 2 aromatic carbocycles. The molecule has 1 atom stereocenters. The standard InChI is InChI=1S/C21H25NO4/c1-13(2)25-18-11-9-17(10-12-18)21(24)26-16(5)20(23)22-19-14(3)7-6-8-15(19)4/h6-13,16H,1-5H3,(H,22,23)/t16-/m0/s1. The van der Waals surface area contributed by atoms with Gasteiger partial charge in [0.1, 0.15) is 5.75 Å². The molecule has 2 rings (SSSR count). The third-order valence-electron chi connectivity index (χ3n) is 3.84. The highest BCUT2D eigenvalue weighted by molar-refractivity contribution is 5.98. The Balaban J connectivity index is 1.98. The van der Waals surface area contributed by atoms with Crippen LogP contribution in [-0.2, 0) is 9.53 Å². The molecule has 0 saturated carbocycles. The summed E-state index contributed by atoms with van der Waals surface area (Å²) in [6.07, 6.45) is -0.852. The minimum absolute atomic E-state index is 0.0569. The smallest absolute Gasteiger partial charge is 0.338 e. The maximum absolute atomic E-state index is 12.4. The number of amides is 1. The maximum atomic E-state index is 12.4. The second-order valence-electron chi connectivity index (χ2n) is 6.49. The van der Waals surface area contributed by atoms with E-state index in [9.17, 15) is 9.59 Å². The highest BCUT2D eigenvalue weighted by atomic mass is 16.5. The number of esters is 1. The average molecular weight is 355 g/mol. The fraction of sp³-hybridized carbons (Fsp3) is 0.333. The van der Waals surface area contributed by atoms with Gasteiger partial charge in [0.05, 0.1) is 11.7 Å². The lowest BCUT2D eigenvalue weighted by Gasteiger charge is -2.16. The molecular formula is C21H25NO4. The van der Waals surface area contributed by atoms with Gasteiger partial charge in [-0.1, -0.05) is 18.2 Å². The molecule has 138 valence electrons. The van der Waals surface area contributed by atoms with Crippen molar-refractivity contribution < 1.29 is 19.1 Å². The van der Waals surface area contributed by atoms with E-state index in [1.165, 1.54) is 0 Å². The molecule has 0 saturated heterocycles. The Morgan fingerprint density at radius 2 is 1.50 bits per heavy atom. The summed E-state index contributed by atoms with van der Waals surface area (Å²) in [5.74, 6) is -0.238. The van der Waals surface area contributed by atoms with Crippen LogP contribution in [-0.4, -0.2) is 24.1 Å². The van der Waals surface area contributed by atoms with Crippen molar-refractivity contribution in [1.82, 2.24) is 0 Å². The number of anilines is 1. The van der Waals surface area contributed by atoms with E-state index in [2.05, 4.69) is 5.32 Å². The zero-order valence-electron chi connectivity index (χ0n) is 15.8. The molecule has 0 aromatic heterocycles. The van der Waals surface area contributed by atoms with E-state index in [1.54, 1.807) is 31.2 Å². The Hall–Kier alpha value is -2.82. The maximum Gasteiger partial charge on any atom is 0.338 e. The molecule has 5 heteroatoms. The summed E-state index contributed by atoms with van der Waals surface area (Å²) in [5.41, 5.74) is 3.03. The van der Waals surface area contributed by atoms with Gasteiger partial charge in [0.25, 0.3) is 5.91 Å². The third-order valence-corrected chi connectivity index (χ3v) is 3.84. The van der Waals surface area contributed by atoms with Crippen molar-refractivity contribution in [3.05, 3.63) is 59.2 Å². The fourth-order valence-electron chi connectivity index (χ4n) is 2.46. The topological polar surface area (TPSA) is 64.6 Å². The molecule has 0 unspecified atom stereocenters. The van der Waals surface area contributed by atoms with Crippen LogP contribution in [0.2, 0.25) is 0 Å². The molecule has 2 aromatic rings. The number of carbonyl (C=O) groups excluding carboxylic acids is 2. The normalized spacial score (nSPS) is 11.8. The molecule has 1 amide bonds. The van der Waals surface area contributed by atoms with E-state index in [0.29, 0.717) is 11.3 Å². The van der Waals surface area contributed by atoms with Crippen molar-refractivity contribution in [3.8, 4) is 5.75 Å². The molecule has 0 radical (unpaired) electrons. The number of rotatable bonds is 6. The van der Waals surface area contributed by atoms with Crippen LogP contribution in [0.5, 0.6) is 5.75 Å². The minimum atomic E-state index is -0.909. The third kappa shape index (κ3) is 5.09. The van der Waals surface area contributed by atoms with E-state index < -0.39 is 12.1 Å². The molecule has 0 aliphatic rings. The molecule has 26 heavy (non-hydrogen) atoms. The number of hydrogen-bond donors (Lipinski definition) is 1. The van der Waals surface area contributed by atoms with Crippen LogP contribution in [0.15, 0.2) is 42.5 Å². The number of aryl methyl sites for hydroxylation is 2. The SMILES string of the molecule is Cc1cccc(C)c1NC(=O)[C@H](C)OC(=O)c1ccc(OC(C)C)cc1. The predicted octanol–water partition coefficient (Wildman–Crippen LogP) is 4.27. The van der Waals surface area contributed by atoms with Crippen molar-refractivity contribution in [2.24, 2.45) is 0 Å². The summed E-state index contributed by atoms with van der Waals surface area (Å²) in [6.45, 7) is 9.24. The Labute approximate surface area is 154 Å². The van der Waals surface area contributed by atoms with Crippen LogP contribution in [0, 0.1) is 13.8 Å². The van der Waals surface area contributed by atoms with Crippen LogP contribution < -0.4 is 10.1 Å². The fourth-order valence-corrected chi connectivity index (χ4v) is 2.46. The quantitative estimate of drug-likeness (QED) is 0.786. The summed E-state index contributed by atoms with van der Waals surface area (Å²) in [5, 5.41) is 2.83. The van der Waals surface area contributed by atoms with E-state index in [1.807, 2.05) is 45.9 Å². The van der Waals surface area contributed by atoms with Crippen LogP contribution in [0.3, 0.4) is 0 Å².